The van der Waals surface area contributed by atoms with Gasteiger partial charge in [-0.1, -0.05) is 41.5 Å². The minimum absolute atomic E-state index is 0. The molecule has 0 radical (unpaired) electrons. The van der Waals surface area contributed by atoms with E-state index in [1.54, 1.807) is 6.08 Å². The summed E-state index contributed by atoms with van der Waals surface area (Å²) in [5.41, 5.74) is 1.27. The summed E-state index contributed by atoms with van der Waals surface area (Å²) in [6.45, 7) is 18.4. The molecule has 0 spiro atoms. The number of hydrogen-bond donors (Lipinski definition) is 0. The minimum atomic E-state index is 0. The van der Waals surface area contributed by atoms with Crippen molar-refractivity contribution < 1.29 is 21.1 Å². The van der Waals surface area contributed by atoms with Gasteiger partial charge in [-0.25, -0.2) is 0 Å². The molecule has 0 aromatic heterocycles. The normalized spacial score (nSPS) is 13.5. The predicted octanol–water partition coefficient (Wildman–Crippen LogP) is 3.79. The van der Waals surface area contributed by atoms with E-state index < -0.39 is 0 Å². The maximum atomic E-state index is 5.54. The van der Waals surface area contributed by atoms with E-state index in [9.17, 15) is 0 Å². The van der Waals surface area contributed by atoms with Gasteiger partial charge in [-0.2, -0.15) is 0 Å². The summed E-state index contributed by atoms with van der Waals surface area (Å²) >= 11 is 0. The Kier molecular flexibility index (Phi) is 6.19. The molecule has 0 rings (SSSR count). The van der Waals surface area contributed by atoms with Crippen LogP contribution in [0.1, 0.15) is 41.5 Å². The van der Waals surface area contributed by atoms with Gasteiger partial charge in [0.1, 0.15) is 0 Å². The number of rotatable bonds is 1. The Balaban J connectivity index is 0. The van der Waals surface area contributed by atoms with Crippen molar-refractivity contribution in [2.24, 2.45) is 10.8 Å². The molecule has 0 unspecified atom stereocenters. The van der Waals surface area contributed by atoms with Crippen LogP contribution < -0.4 is 0 Å². The van der Waals surface area contributed by atoms with Crippen LogP contribution in [0.2, 0.25) is 0 Å². The van der Waals surface area contributed by atoms with Crippen LogP contribution in [0.15, 0.2) is 11.6 Å². The largest absolute Gasteiger partial charge is 2.00 e. The minimum Gasteiger partial charge on any atom is -0.394 e. The van der Waals surface area contributed by atoms with Gasteiger partial charge in [0, 0.05) is 0 Å². The summed E-state index contributed by atoms with van der Waals surface area (Å²) in [6, 6.07) is 0. The second kappa shape index (κ2) is 5.15. The summed E-state index contributed by atoms with van der Waals surface area (Å²) in [7, 11) is 0. The van der Waals surface area contributed by atoms with Crippen LogP contribution in [0, 0.1) is 23.5 Å². The smallest absolute Gasteiger partial charge is 0.394 e. The average Bonchev–Trinajstić information content (AvgIpc) is 1.78. The fourth-order valence-electron chi connectivity index (χ4n) is 0.883. The number of allylic oxidation sites excluding steroid dienone is 3. The molecular formula is C12H20W. The van der Waals surface area contributed by atoms with Gasteiger partial charge in [0.2, 0.25) is 0 Å². The second-order valence-corrected chi connectivity index (χ2v) is 5.21. The second-order valence-electron chi connectivity index (χ2n) is 5.21. The van der Waals surface area contributed by atoms with Gasteiger partial charge in [0.15, 0.2) is 0 Å². The topological polar surface area (TPSA) is 0 Å². The summed E-state index contributed by atoms with van der Waals surface area (Å²) in [6.07, 6.45) is 5.04. The van der Waals surface area contributed by atoms with Crippen molar-refractivity contribution >= 4 is 0 Å². The first kappa shape index (κ1) is 15.6. The molecule has 0 amide bonds. The fraction of sp³-hybridized carbons (Fsp3) is 0.667. The molecule has 0 atom stereocenters. The van der Waals surface area contributed by atoms with E-state index in [4.69, 9.17) is 6.58 Å². The van der Waals surface area contributed by atoms with Crippen LogP contribution in [-0.4, -0.2) is 0 Å². The maximum absolute atomic E-state index is 5.54. The quantitative estimate of drug-likeness (QED) is 0.500. The van der Waals surface area contributed by atoms with Gasteiger partial charge < -0.3 is 24.3 Å². The molecule has 0 aliphatic heterocycles. The third-order valence-corrected chi connectivity index (χ3v) is 1.48. The van der Waals surface area contributed by atoms with Crippen molar-refractivity contribution in [3.63, 3.8) is 0 Å². The monoisotopic (exact) mass is 348 g/mol. The van der Waals surface area contributed by atoms with Crippen LogP contribution in [0.25, 0.3) is 0 Å². The Hall–Kier alpha value is 0.168. The molecule has 0 N–H and O–H groups in total. The van der Waals surface area contributed by atoms with Crippen molar-refractivity contribution in [1.29, 1.82) is 0 Å². The third kappa shape index (κ3) is 7.26. The van der Waals surface area contributed by atoms with Crippen molar-refractivity contribution in [2.75, 3.05) is 0 Å². The molecule has 13 heavy (non-hydrogen) atoms. The van der Waals surface area contributed by atoms with Crippen molar-refractivity contribution in [1.82, 2.24) is 0 Å². The van der Waals surface area contributed by atoms with Crippen LogP contribution in [0.4, 0.5) is 0 Å². The first-order valence-corrected chi connectivity index (χ1v) is 4.37. The van der Waals surface area contributed by atoms with Crippen LogP contribution in [0.5, 0.6) is 0 Å². The molecular weight excluding hydrogens is 328 g/mol. The Labute approximate surface area is 97.8 Å². The van der Waals surface area contributed by atoms with E-state index in [-0.39, 0.29) is 31.9 Å². The van der Waals surface area contributed by atoms with E-state index in [2.05, 4.69) is 47.6 Å². The molecule has 0 aliphatic rings. The standard InChI is InChI=1S/C12H20.W/c1-8-10(12(5,6)7)9-11(2,3)4;/h1,8H,2-7H3;/q-2;+2. The van der Waals surface area contributed by atoms with Crippen LogP contribution >= 0.6 is 0 Å². The number of hydrogen-bond acceptors (Lipinski definition) is 0. The zero-order valence-corrected chi connectivity index (χ0v) is 12.5. The molecule has 0 nitrogen and oxygen atoms in total. The predicted molar refractivity (Wildman–Crippen MR) is 54.5 cm³/mol. The van der Waals surface area contributed by atoms with E-state index in [1.807, 2.05) is 0 Å². The SMILES string of the molecule is [CH-]=CC(=[C-]C(C)(C)C)C(C)(C)C.[W+2]. The molecule has 0 fully saturated rings. The zero-order chi connectivity index (χ0) is 9.99. The molecule has 0 aliphatic carbocycles. The Morgan fingerprint density at radius 1 is 1.08 bits per heavy atom. The van der Waals surface area contributed by atoms with Crippen molar-refractivity contribution in [3.8, 4) is 0 Å². The van der Waals surface area contributed by atoms with Gasteiger partial charge in [-0.15, -0.1) is 10.8 Å². The maximum Gasteiger partial charge on any atom is 2.00 e. The van der Waals surface area contributed by atoms with Crippen LogP contribution in [0.3, 0.4) is 0 Å². The third-order valence-electron chi connectivity index (χ3n) is 1.48. The van der Waals surface area contributed by atoms with E-state index in [0.717, 1.165) is 5.57 Å². The average molecular weight is 348 g/mol. The zero-order valence-electron chi connectivity index (χ0n) is 9.56. The summed E-state index contributed by atoms with van der Waals surface area (Å²) < 4.78 is 0. The molecule has 0 heterocycles. The van der Waals surface area contributed by atoms with E-state index in [1.165, 1.54) is 0 Å². The molecule has 0 aromatic rings. The van der Waals surface area contributed by atoms with Crippen molar-refractivity contribution in [3.05, 3.63) is 24.3 Å². The van der Waals surface area contributed by atoms with Crippen molar-refractivity contribution in [2.45, 2.75) is 41.5 Å². The van der Waals surface area contributed by atoms with Gasteiger partial charge in [-0.3, -0.25) is 0 Å². The van der Waals surface area contributed by atoms with Crippen LogP contribution in [-0.2, 0) is 21.1 Å². The Morgan fingerprint density at radius 3 is 1.54 bits per heavy atom. The molecule has 0 aromatic carbocycles. The van der Waals surface area contributed by atoms with Gasteiger partial charge in [0.25, 0.3) is 0 Å². The first-order chi connectivity index (χ1) is 5.17. The molecule has 1 heteroatoms. The summed E-state index contributed by atoms with van der Waals surface area (Å²) in [4.78, 5) is 0. The van der Waals surface area contributed by atoms with Gasteiger partial charge >= 0.3 is 21.1 Å². The Morgan fingerprint density at radius 2 is 1.46 bits per heavy atom. The Bertz CT molecular complexity index is 186. The molecule has 74 valence electrons. The molecule has 0 saturated carbocycles. The van der Waals surface area contributed by atoms with E-state index >= 15 is 0 Å². The molecule has 0 saturated heterocycles. The fourth-order valence-corrected chi connectivity index (χ4v) is 0.883. The summed E-state index contributed by atoms with van der Waals surface area (Å²) in [5.74, 6) is 0. The molecule has 0 bridgehead atoms. The van der Waals surface area contributed by atoms with Gasteiger partial charge in [0.05, 0.1) is 0 Å². The first-order valence-electron chi connectivity index (χ1n) is 4.37. The van der Waals surface area contributed by atoms with Gasteiger partial charge in [-0.05, 0) is 0 Å². The summed E-state index contributed by atoms with van der Waals surface area (Å²) in [5, 5.41) is 0. The van der Waals surface area contributed by atoms with E-state index in [0.29, 0.717) is 0 Å².